The molecular weight excluding hydrogens is 305 g/mol. The average molecular weight is 321 g/mol. The van der Waals surface area contributed by atoms with Crippen LogP contribution in [0.3, 0.4) is 0 Å². The first-order valence-corrected chi connectivity index (χ1v) is 7.04. The first-order chi connectivity index (χ1) is 11.0. The van der Waals surface area contributed by atoms with Crippen molar-refractivity contribution in [1.82, 2.24) is 10.7 Å². The largest absolute Gasteiger partial charge is 0.448 e. The van der Waals surface area contributed by atoms with Crippen molar-refractivity contribution < 1.29 is 23.5 Å². The highest BCUT2D eigenvalue weighted by molar-refractivity contribution is 6.37. The van der Waals surface area contributed by atoms with E-state index in [4.69, 9.17) is 4.74 Å². The summed E-state index contributed by atoms with van der Waals surface area (Å²) in [6.45, 7) is 1.62. The molecule has 0 saturated carbocycles. The normalized spacial score (nSPS) is 15.2. The maximum Gasteiger partial charge on any atom is 0.355 e. The van der Waals surface area contributed by atoms with E-state index in [9.17, 15) is 18.8 Å². The molecule has 122 valence electrons. The van der Waals surface area contributed by atoms with Gasteiger partial charge in [0.1, 0.15) is 11.5 Å². The van der Waals surface area contributed by atoms with Gasteiger partial charge >= 0.3 is 5.97 Å². The molecule has 0 aromatic heterocycles. The van der Waals surface area contributed by atoms with E-state index in [1.807, 2.05) is 0 Å². The van der Waals surface area contributed by atoms with Crippen molar-refractivity contribution in [2.24, 2.45) is 5.10 Å². The fourth-order valence-corrected chi connectivity index (χ4v) is 1.84. The molecule has 0 fully saturated rings. The Hall–Kier alpha value is -2.77. The summed E-state index contributed by atoms with van der Waals surface area (Å²) >= 11 is 0. The number of halogens is 1. The van der Waals surface area contributed by atoms with Gasteiger partial charge in [-0.25, -0.2) is 14.6 Å². The molecule has 1 aromatic carbocycles. The van der Waals surface area contributed by atoms with Crippen LogP contribution >= 0.6 is 0 Å². The van der Waals surface area contributed by atoms with Crippen molar-refractivity contribution in [2.45, 2.75) is 32.4 Å². The Kier molecular flexibility index (Phi) is 5.40. The highest BCUT2D eigenvalue weighted by Gasteiger charge is 2.24. The van der Waals surface area contributed by atoms with Crippen LogP contribution in [0.5, 0.6) is 0 Å². The second-order valence-electron chi connectivity index (χ2n) is 4.99. The van der Waals surface area contributed by atoms with Crippen LogP contribution in [0.25, 0.3) is 0 Å². The molecule has 0 aliphatic carbocycles. The van der Waals surface area contributed by atoms with E-state index in [2.05, 4.69) is 15.8 Å². The summed E-state index contributed by atoms with van der Waals surface area (Å²) in [7, 11) is 0. The molecule has 1 atom stereocenters. The number of hydrogen-bond donors (Lipinski definition) is 2. The predicted octanol–water partition coefficient (Wildman–Crippen LogP) is 0.640. The molecule has 0 saturated heterocycles. The van der Waals surface area contributed by atoms with E-state index in [0.29, 0.717) is 0 Å². The third-order valence-corrected chi connectivity index (χ3v) is 3.17. The summed E-state index contributed by atoms with van der Waals surface area (Å²) in [5, 5.41) is 6.19. The van der Waals surface area contributed by atoms with Crippen molar-refractivity contribution >= 4 is 23.5 Å². The Morgan fingerprint density at radius 1 is 1.35 bits per heavy atom. The number of carbonyl (C=O) groups excluding carboxylic acids is 3. The van der Waals surface area contributed by atoms with Gasteiger partial charge in [0, 0.05) is 19.4 Å². The Morgan fingerprint density at radius 2 is 2.04 bits per heavy atom. The van der Waals surface area contributed by atoms with Gasteiger partial charge in [-0.3, -0.25) is 9.59 Å². The van der Waals surface area contributed by atoms with Gasteiger partial charge in [0.25, 0.3) is 5.91 Å². The van der Waals surface area contributed by atoms with Crippen LogP contribution in [0.4, 0.5) is 4.39 Å². The molecule has 7 nitrogen and oxygen atoms in total. The molecule has 2 N–H and O–H groups in total. The SMILES string of the molecule is C[C@@H](OC(=O)C1=NNC(=O)CC1)C(=O)NCc1ccc(F)cc1. The smallest absolute Gasteiger partial charge is 0.355 e. The maximum atomic E-state index is 12.8. The number of nitrogens with one attached hydrogen (secondary N) is 2. The van der Waals surface area contributed by atoms with Crippen LogP contribution in [-0.4, -0.2) is 29.6 Å². The van der Waals surface area contributed by atoms with Crippen molar-refractivity contribution in [3.63, 3.8) is 0 Å². The van der Waals surface area contributed by atoms with Gasteiger partial charge in [-0.2, -0.15) is 5.10 Å². The third-order valence-electron chi connectivity index (χ3n) is 3.17. The van der Waals surface area contributed by atoms with Crippen molar-refractivity contribution in [3.05, 3.63) is 35.6 Å². The summed E-state index contributed by atoms with van der Waals surface area (Å²) < 4.78 is 17.8. The zero-order valence-corrected chi connectivity index (χ0v) is 12.5. The fraction of sp³-hybridized carbons (Fsp3) is 0.333. The predicted molar refractivity (Wildman–Crippen MR) is 78.6 cm³/mol. The van der Waals surface area contributed by atoms with E-state index in [1.165, 1.54) is 19.1 Å². The second-order valence-corrected chi connectivity index (χ2v) is 4.99. The van der Waals surface area contributed by atoms with Gasteiger partial charge in [0.15, 0.2) is 6.10 Å². The van der Waals surface area contributed by atoms with Crippen LogP contribution < -0.4 is 10.7 Å². The number of hydrogen-bond acceptors (Lipinski definition) is 5. The standard InChI is InChI=1S/C15H16FN3O4/c1-9(23-15(22)12-6-7-13(20)19-18-12)14(21)17-8-10-2-4-11(16)5-3-10/h2-5,9H,6-8H2,1H3,(H,17,21)(H,19,20)/t9-/m1/s1. The van der Waals surface area contributed by atoms with Crippen LogP contribution in [0.2, 0.25) is 0 Å². The van der Waals surface area contributed by atoms with Crippen LogP contribution in [0, 0.1) is 5.82 Å². The number of carbonyl (C=O) groups is 3. The number of hydrazone groups is 1. The minimum absolute atomic E-state index is 0.0720. The highest BCUT2D eigenvalue weighted by Crippen LogP contribution is 2.05. The summed E-state index contributed by atoms with van der Waals surface area (Å²) in [4.78, 5) is 34.6. The Morgan fingerprint density at radius 3 is 2.65 bits per heavy atom. The quantitative estimate of drug-likeness (QED) is 0.778. The number of ether oxygens (including phenoxy) is 1. The minimum atomic E-state index is -1.01. The molecule has 0 radical (unpaired) electrons. The molecule has 2 rings (SSSR count). The summed E-state index contributed by atoms with van der Waals surface area (Å²) in [6.07, 6.45) is -0.684. The lowest BCUT2D eigenvalue weighted by molar-refractivity contribution is -0.148. The first kappa shape index (κ1) is 16.6. The molecule has 1 aromatic rings. The molecule has 1 aliphatic rings. The number of rotatable bonds is 5. The maximum absolute atomic E-state index is 12.8. The monoisotopic (exact) mass is 321 g/mol. The van der Waals surface area contributed by atoms with E-state index in [1.54, 1.807) is 12.1 Å². The molecule has 1 aliphatic heterocycles. The third kappa shape index (κ3) is 4.87. The molecule has 1 heterocycles. The molecule has 23 heavy (non-hydrogen) atoms. The zero-order chi connectivity index (χ0) is 16.8. The van der Waals surface area contributed by atoms with Gasteiger partial charge in [0.05, 0.1) is 0 Å². The fourth-order valence-electron chi connectivity index (χ4n) is 1.84. The van der Waals surface area contributed by atoms with E-state index in [-0.39, 0.29) is 36.8 Å². The molecule has 0 spiro atoms. The first-order valence-electron chi connectivity index (χ1n) is 7.04. The van der Waals surface area contributed by atoms with Gasteiger partial charge < -0.3 is 10.1 Å². The molecule has 0 bridgehead atoms. The van der Waals surface area contributed by atoms with Crippen molar-refractivity contribution in [1.29, 1.82) is 0 Å². The van der Waals surface area contributed by atoms with E-state index in [0.717, 1.165) is 5.56 Å². The van der Waals surface area contributed by atoms with Gasteiger partial charge in [-0.05, 0) is 24.6 Å². The molecule has 0 unspecified atom stereocenters. The lowest BCUT2D eigenvalue weighted by atomic mass is 10.2. The zero-order valence-electron chi connectivity index (χ0n) is 12.5. The topological polar surface area (TPSA) is 96.9 Å². The number of amides is 2. The Bertz CT molecular complexity index is 643. The van der Waals surface area contributed by atoms with E-state index >= 15 is 0 Å². The Balaban J connectivity index is 1.81. The highest BCUT2D eigenvalue weighted by atomic mass is 19.1. The van der Waals surface area contributed by atoms with Gasteiger partial charge in [-0.15, -0.1) is 0 Å². The number of nitrogens with zero attached hydrogens (tertiary/aromatic N) is 1. The number of benzene rings is 1. The lowest BCUT2D eigenvalue weighted by Crippen LogP contribution is -2.38. The van der Waals surface area contributed by atoms with Gasteiger partial charge in [-0.1, -0.05) is 12.1 Å². The Labute approximate surface area is 131 Å². The summed E-state index contributed by atoms with van der Waals surface area (Å²) in [5.74, 6) is -1.85. The number of esters is 1. The minimum Gasteiger partial charge on any atom is -0.448 e. The molecular formula is C15H16FN3O4. The van der Waals surface area contributed by atoms with Crippen LogP contribution in [0.1, 0.15) is 25.3 Å². The molecule has 2 amide bonds. The van der Waals surface area contributed by atoms with Gasteiger partial charge in [0.2, 0.25) is 5.91 Å². The van der Waals surface area contributed by atoms with Crippen molar-refractivity contribution in [3.8, 4) is 0 Å². The van der Waals surface area contributed by atoms with E-state index < -0.39 is 18.0 Å². The van der Waals surface area contributed by atoms with Crippen molar-refractivity contribution in [2.75, 3.05) is 0 Å². The van der Waals surface area contributed by atoms with Crippen LogP contribution in [0.15, 0.2) is 29.4 Å². The molecule has 8 heteroatoms. The average Bonchev–Trinajstić information content (AvgIpc) is 2.54. The van der Waals surface area contributed by atoms with Crippen LogP contribution in [-0.2, 0) is 25.7 Å². The summed E-state index contributed by atoms with van der Waals surface area (Å²) in [6, 6.07) is 5.68. The summed E-state index contributed by atoms with van der Waals surface area (Å²) in [5.41, 5.74) is 2.98. The lowest BCUT2D eigenvalue weighted by Gasteiger charge is -2.15. The second kappa shape index (κ2) is 7.48.